The van der Waals surface area contributed by atoms with Crippen LogP contribution in [0.5, 0.6) is 0 Å². The first-order valence-electron chi connectivity index (χ1n) is 16.0. The molecule has 0 spiro atoms. The molecule has 0 fully saturated rings. The molecule has 4 aromatic rings. The third-order valence-corrected chi connectivity index (χ3v) is 7.67. The van der Waals surface area contributed by atoms with Gasteiger partial charge in [-0.3, -0.25) is 14.8 Å². The summed E-state index contributed by atoms with van der Waals surface area (Å²) in [5.41, 5.74) is 3.30. The van der Waals surface area contributed by atoms with Crippen molar-refractivity contribution in [3.63, 3.8) is 0 Å². The van der Waals surface area contributed by atoms with Crippen molar-refractivity contribution in [2.45, 2.75) is 70.6 Å². The van der Waals surface area contributed by atoms with Gasteiger partial charge in [-0.15, -0.1) is 0 Å². The van der Waals surface area contributed by atoms with E-state index in [9.17, 15) is 19.5 Å². The van der Waals surface area contributed by atoms with Crippen molar-refractivity contribution in [1.82, 2.24) is 25.9 Å². The molecule has 4 atom stereocenters. The zero-order valence-corrected chi connectivity index (χ0v) is 27.2. The molecule has 11 nitrogen and oxygen atoms in total. The maximum absolute atomic E-state index is 13.7. The number of nitrogens with one attached hydrogen (secondary N) is 3. The molecule has 0 unspecified atom stereocenters. The predicted molar refractivity (Wildman–Crippen MR) is 180 cm³/mol. The van der Waals surface area contributed by atoms with E-state index in [1.165, 1.54) is 0 Å². The molecule has 0 aliphatic heterocycles. The molecule has 48 heavy (non-hydrogen) atoms. The Balaban J connectivity index is 1.46. The van der Waals surface area contributed by atoms with Gasteiger partial charge in [0, 0.05) is 42.0 Å². The number of nitrogens with zero attached hydrogens (tertiary/aromatic N) is 2. The first-order chi connectivity index (χ1) is 23.3. The number of ether oxygens (including phenoxy) is 2. The Kier molecular flexibility index (Phi) is 13.9. The first kappa shape index (κ1) is 35.6. The van der Waals surface area contributed by atoms with Gasteiger partial charge in [-0.25, -0.2) is 9.59 Å². The molecule has 4 rings (SSSR count). The van der Waals surface area contributed by atoms with Gasteiger partial charge in [0.1, 0.15) is 19.3 Å². The van der Waals surface area contributed by atoms with Crippen LogP contribution in [0.2, 0.25) is 0 Å². The van der Waals surface area contributed by atoms with Gasteiger partial charge < -0.3 is 30.5 Å². The van der Waals surface area contributed by atoms with E-state index in [1.807, 2.05) is 74.5 Å². The first-order valence-corrected chi connectivity index (χ1v) is 16.0. The van der Waals surface area contributed by atoms with Crippen LogP contribution in [0.3, 0.4) is 0 Å². The lowest BCUT2D eigenvalue weighted by Gasteiger charge is -2.30. The van der Waals surface area contributed by atoms with E-state index < -0.39 is 42.3 Å². The minimum absolute atomic E-state index is 0.00933. The highest BCUT2D eigenvalue weighted by atomic mass is 16.6. The number of carbonyl (C=O) groups excluding carboxylic acids is 3. The Morgan fingerprint density at radius 2 is 1.17 bits per heavy atom. The minimum atomic E-state index is -1.07. The molecule has 0 saturated carbocycles. The summed E-state index contributed by atoms with van der Waals surface area (Å²) in [5.74, 6) is -0.680. The molecule has 252 valence electrons. The Morgan fingerprint density at radius 1 is 0.667 bits per heavy atom. The van der Waals surface area contributed by atoms with Gasteiger partial charge in [0.05, 0.1) is 12.1 Å². The lowest BCUT2D eigenvalue weighted by atomic mass is 9.93. The van der Waals surface area contributed by atoms with Crippen molar-refractivity contribution in [1.29, 1.82) is 0 Å². The number of rotatable bonds is 16. The number of hydrogen-bond acceptors (Lipinski definition) is 8. The quantitative estimate of drug-likeness (QED) is 0.135. The molecule has 3 amide bonds. The fraction of sp³-hybridized carbons (Fsp3) is 0.324. The SMILES string of the molecule is CC(C)[C@H](NC(=O)OCc1cccnc1)C(=O)N[C@@H](Cc1ccccc1)C[C@H](O)[C@H](Cc1ccccc1)NC(=O)OCc1cccnc1. The summed E-state index contributed by atoms with van der Waals surface area (Å²) >= 11 is 0. The molecular formula is C37H43N5O6. The van der Waals surface area contributed by atoms with Crippen LogP contribution in [-0.4, -0.2) is 57.4 Å². The van der Waals surface area contributed by atoms with Gasteiger partial charge in [0.15, 0.2) is 0 Å². The number of alkyl carbamates (subject to hydrolysis) is 2. The summed E-state index contributed by atoms with van der Waals surface area (Å²) < 4.78 is 10.8. The minimum Gasteiger partial charge on any atom is -0.445 e. The molecule has 2 aromatic heterocycles. The standard InChI is InChI=1S/C37H43N5O6/c1-26(2)34(42-37(46)48-25-30-16-10-18-39-23-30)35(44)40-31(19-27-11-5-3-6-12-27)21-33(43)32(20-28-13-7-4-8-14-28)41-36(45)47-24-29-15-9-17-38-22-29/h3-18,22-23,26,31-34,43H,19-21,24-25H2,1-2H3,(H,40,44)(H,41,45)(H,42,46)/t31-,32-,33-,34-/m0/s1. The second-order valence-corrected chi connectivity index (χ2v) is 11.9. The van der Waals surface area contributed by atoms with Crippen molar-refractivity contribution in [2.24, 2.45) is 5.92 Å². The largest absolute Gasteiger partial charge is 0.445 e. The summed E-state index contributed by atoms with van der Waals surface area (Å²) in [6, 6.07) is 24.0. The maximum atomic E-state index is 13.7. The average molecular weight is 654 g/mol. The third kappa shape index (κ3) is 12.1. The molecule has 2 aromatic carbocycles. The highest BCUT2D eigenvalue weighted by molar-refractivity contribution is 5.86. The van der Waals surface area contributed by atoms with E-state index in [4.69, 9.17) is 9.47 Å². The van der Waals surface area contributed by atoms with Gasteiger partial charge in [0.2, 0.25) is 5.91 Å². The number of hydrogen-bond donors (Lipinski definition) is 4. The number of pyridine rings is 2. The Hall–Kier alpha value is -5.29. The van der Waals surface area contributed by atoms with Crippen LogP contribution in [0.25, 0.3) is 0 Å². The Bertz CT molecular complexity index is 1540. The van der Waals surface area contributed by atoms with Crippen LogP contribution < -0.4 is 16.0 Å². The molecule has 0 aliphatic rings. The summed E-state index contributed by atoms with van der Waals surface area (Å²) in [7, 11) is 0. The topological polar surface area (TPSA) is 152 Å². The Morgan fingerprint density at radius 3 is 1.67 bits per heavy atom. The van der Waals surface area contributed by atoms with Crippen LogP contribution in [0.4, 0.5) is 9.59 Å². The van der Waals surface area contributed by atoms with Crippen LogP contribution in [0, 0.1) is 5.92 Å². The lowest BCUT2D eigenvalue weighted by molar-refractivity contribution is -0.125. The maximum Gasteiger partial charge on any atom is 0.408 e. The Labute approximate surface area is 281 Å². The van der Waals surface area contributed by atoms with E-state index in [1.54, 1.807) is 49.1 Å². The van der Waals surface area contributed by atoms with Crippen LogP contribution in [0.15, 0.2) is 110 Å². The fourth-order valence-corrected chi connectivity index (χ4v) is 5.15. The van der Waals surface area contributed by atoms with Crippen molar-refractivity contribution in [3.05, 3.63) is 132 Å². The lowest BCUT2D eigenvalue weighted by Crippen LogP contribution is -2.54. The van der Waals surface area contributed by atoms with Crippen LogP contribution >= 0.6 is 0 Å². The van der Waals surface area contributed by atoms with E-state index in [0.29, 0.717) is 12.8 Å². The van der Waals surface area contributed by atoms with Crippen LogP contribution in [0.1, 0.15) is 42.5 Å². The zero-order chi connectivity index (χ0) is 34.1. The number of aromatic nitrogens is 2. The zero-order valence-electron chi connectivity index (χ0n) is 27.2. The van der Waals surface area contributed by atoms with Crippen molar-refractivity contribution in [3.8, 4) is 0 Å². The van der Waals surface area contributed by atoms with E-state index >= 15 is 0 Å². The molecule has 4 N–H and O–H groups in total. The molecular weight excluding hydrogens is 610 g/mol. The van der Waals surface area contributed by atoms with Crippen molar-refractivity contribution >= 4 is 18.1 Å². The van der Waals surface area contributed by atoms with Gasteiger partial charge >= 0.3 is 12.2 Å². The highest BCUT2D eigenvalue weighted by Gasteiger charge is 2.30. The van der Waals surface area contributed by atoms with Gasteiger partial charge in [0.25, 0.3) is 0 Å². The second-order valence-electron chi connectivity index (χ2n) is 11.9. The smallest absolute Gasteiger partial charge is 0.408 e. The number of aliphatic hydroxyl groups excluding tert-OH is 1. The van der Waals surface area contributed by atoms with Gasteiger partial charge in [-0.1, -0.05) is 86.6 Å². The summed E-state index contributed by atoms with van der Waals surface area (Å²) in [6.45, 7) is 3.68. The van der Waals surface area contributed by atoms with E-state index in [-0.39, 0.29) is 25.6 Å². The second kappa shape index (κ2) is 18.8. The third-order valence-electron chi connectivity index (χ3n) is 7.67. The van der Waals surface area contributed by atoms with Crippen molar-refractivity contribution < 1.29 is 29.0 Å². The molecule has 0 radical (unpaired) electrons. The average Bonchev–Trinajstić information content (AvgIpc) is 3.10. The number of aliphatic hydroxyl groups is 1. The molecule has 0 aliphatic carbocycles. The van der Waals surface area contributed by atoms with Gasteiger partial charge in [-0.05, 0) is 48.4 Å². The number of amides is 3. The van der Waals surface area contributed by atoms with Gasteiger partial charge in [-0.2, -0.15) is 0 Å². The summed E-state index contributed by atoms with van der Waals surface area (Å²) in [4.78, 5) is 47.3. The predicted octanol–water partition coefficient (Wildman–Crippen LogP) is 4.74. The summed E-state index contributed by atoms with van der Waals surface area (Å²) in [6.07, 6.45) is 4.83. The van der Waals surface area contributed by atoms with E-state index in [0.717, 1.165) is 22.3 Å². The highest BCUT2D eigenvalue weighted by Crippen LogP contribution is 2.16. The monoisotopic (exact) mass is 653 g/mol. The number of carbonyl (C=O) groups is 3. The number of benzene rings is 2. The molecule has 2 heterocycles. The van der Waals surface area contributed by atoms with Crippen LogP contribution in [-0.2, 0) is 40.3 Å². The van der Waals surface area contributed by atoms with E-state index in [2.05, 4.69) is 25.9 Å². The molecule has 11 heteroatoms. The van der Waals surface area contributed by atoms with Crippen molar-refractivity contribution in [2.75, 3.05) is 0 Å². The fourth-order valence-electron chi connectivity index (χ4n) is 5.15. The molecule has 0 saturated heterocycles. The molecule has 0 bridgehead atoms. The normalized spacial score (nSPS) is 13.4. The summed E-state index contributed by atoms with van der Waals surface area (Å²) in [5, 5.41) is 20.2.